The van der Waals surface area contributed by atoms with Gasteiger partial charge in [-0.2, -0.15) is 0 Å². The Bertz CT molecular complexity index is 762. The molecule has 1 aliphatic rings. The molecule has 1 aromatic rings. The molecule has 0 unspecified atom stereocenters. The van der Waals surface area contributed by atoms with Gasteiger partial charge in [0.25, 0.3) is 6.26 Å². The molecule has 0 aliphatic carbocycles. The van der Waals surface area contributed by atoms with Crippen molar-refractivity contribution in [2.75, 3.05) is 13.1 Å². The van der Waals surface area contributed by atoms with Gasteiger partial charge in [-0.15, -0.1) is 5.26 Å². The van der Waals surface area contributed by atoms with Crippen LogP contribution in [0.15, 0.2) is 18.2 Å². The third-order valence-electron chi connectivity index (χ3n) is 4.55. The van der Waals surface area contributed by atoms with E-state index in [4.69, 9.17) is 21.6 Å². The van der Waals surface area contributed by atoms with Crippen LogP contribution in [0.2, 0.25) is 5.02 Å². The summed E-state index contributed by atoms with van der Waals surface area (Å²) in [5.41, 5.74) is -0.635. The number of hydrogen-bond donors (Lipinski definition) is 0. The van der Waals surface area contributed by atoms with E-state index in [0.717, 1.165) is 0 Å². The zero-order valence-corrected chi connectivity index (χ0v) is 16.3. The van der Waals surface area contributed by atoms with Crippen molar-refractivity contribution in [3.8, 4) is 6.26 Å². The number of likely N-dealkylation sites (tertiary alicyclic amines) is 1. The van der Waals surface area contributed by atoms with Crippen molar-refractivity contribution in [1.82, 2.24) is 4.90 Å². The number of carbonyl (C=O) groups excluding carboxylic acids is 2. The third-order valence-corrected chi connectivity index (χ3v) is 4.84. The maximum absolute atomic E-state index is 13.6. The van der Waals surface area contributed by atoms with Crippen molar-refractivity contribution in [2.24, 2.45) is 0 Å². The Morgan fingerprint density at radius 1 is 1.33 bits per heavy atom. The number of benzene rings is 1. The number of esters is 1. The first-order valence-electron chi connectivity index (χ1n) is 8.58. The fourth-order valence-electron chi connectivity index (χ4n) is 3.20. The first kappa shape index (κ1) is 21.0. The third kappa shape index (κ3) is 5.33. The minimum atomic E-state index is -0.705. The lowest BCUT2D eigenvalue weighted by molar-refractivity contribution is -0.139. The maximum atomic E-state index is 13.6. The lowest BCUT2D eigenvalue weighted by Gasteiger charge is -2.41. The van der Waals surface area contributed by atoms with Crippen LogP contribution in [0.1, 0.15) is 45.6 Å². The lowest BCUT2D eigenvalue weighted by Crippen LogP contribution is -2.47. The molecule has 0 saturated carbocycles. The van der Waals surface area contributed by atoms with Gasteiger partial charge in [-0.25, -0.2) is 9.18 Å². The van der Waals surface area contributed by atoms with Crippen LogP contribution in [0, 0.1) is 17.3 Å². The molecule has 1 saturated heterocycles. The Hall–Kier alpha value is -2.33. The van der Waals surface area contributed by atoms with E-state index in [-0.39, 0.29) is 11.4 Å². The molecule has 0 spiro atoms. The lowest BCUT2D eigenvalue weighted by atomic mass is 9.70. The second-order valence-corrected chi connectivity index (χ2v) is 8.03. The predicted octanol–water partition coefficient (Wildman–Crippen LogP) is 4.16. The summed E-state index contributed by atoms with van der Waals surface area (Å²) in [6.45, 7) is 6.07. The fourth-order valence-corrected chi connectivity index (χ4v) is 3.38. The smallest absolute Gasteiger partial charge is 0.410 e. The molecule has 2 rings (SSSR count). The number of amides is 1. The normalized spacial score (nSPS) is 16.4. The zero-order valence-electron chi connectivity index (χ0n) is 15.6. The van der Waals surface area contributed by atoms with Crippen LogP contribution in [0.5, 0.6) is 0 Å². The van der Waals surface area contributed by atoms with Gasteiger partial charge in [-0.3, -0.25) is 4.79 Å². The molecule has 27 heavy (non-hydrogen) atoms. The van der Waals surface area contributed by atoms with E-state index in [1.54, 1.807) is 31.7 Å². The molecule has 8 heteroatoms. The van der Waals surface area contributed by atoms with Crippen molar-refractivity contribution in [2.45, 2.75) is 51.0 Å². The van der Waals surface area contributed by atoms with Gasteiger partial charge in [0.15, 0.2) is 0 Å². The van der Waals surface area contributed by atoms with E-state index in [2.05, 4.69) is 4.74 Å². The first-order chi connectivity index (χ1) is 12.6. The molecule has 6 nitrogen and oxygen atoms in total. The number of nitriles is 1. The summed E-state index contributed by atoms with van der Waals surface area (Å²) >= 11 is 5.92. The van der Waals surface area contributed by atoms with Crippen LogP contribution in [-0.2, 0) is 19.7 Å². The highest BCUT2D eigenvalue weighted by atomic mass is 35.5. The molecule has 0 atom stereocenters. The topological polar surface area (TPSA) is 79.6 Å². The summed E-state index contributed by atoms with van der Waals surface area (Å²) in [4.78, 5) is 25.8. The summed E-state index contributed by atoms with van der Waals surface area (Å²) in [6, 6.07) is 4.30. The number of piperidine rings is 1. The van der Waals surface area contributed by atoms with Crippen LogP contribution >= 0.6 is 11.6 Å². The quantitative estimate of drug-likeness (QED) is 0.566. The summed E-state index contributed by atoms with van der Waals surface area (Å²) in [7, 11) is 0. The van der Waals surface area contributed by atoms with Gasteiger partial charge in [-0.1, -0.05) is 17.7 Å². The average Bonchev–Trinajstić information content (AvgIpc) is 2.56. The van der Waals surface area contributed by atoms with Crippen LogP contribution in [0.3, 0.4) is 0 Å². The van der Waals surface area contributed by atoms with Gasteiger partial charge in [0, 0.05) is 18.5 Å². The Labute approximate surface area is 162 Å². The van der Waals surface area contributed by atoms with Crippen molar-refractivity contribution < 1.29 is 23.5 Å². The number of carbonyl (C=O) groups is 2. The van der Waals surface area contributed by atoms with Crippen LogP contribution in [-0.4, -0.2) is 35.7 Å². The van der Waals surface area contributed by atoms with E-state index < -0.39 is 28.9 Å². The van der Waals surface area contributed by atoms with Gasteiger partial charge < -0.3 is 14.4 Å². The minimum Gasteiger partial charge on any atom is -0.444 e. The molecule has 0 aromatic heterocycles. The minimum absolute atomic E-state index is 0.0462. The van der Waals surface area contributed by atoms with Crippen LogP contribution in [0.4, 0.5) is 9.18 Å². The SMILES string of the molecule is CC(C)(C)OC(=O)N1CCC(CC(=O)OC#N)(c2ccc(F)c(Cl)c2)CC1. The molecule has 146 valence electrons. The van der Waals surface area contributed by atoms with Gasteiger partial charge in [0.1, 0.15) is 11.4 Å². The highest BCUT2D eigenvalue weighted by Gasteiger charge is 2.41. The zero-order chi connectivity index (χ0) is 20.2. The monoisotopic (exact) mass is 396 g/mol. The largest absolute Gasteiger partial charge is 0.444 e. The molecule has 1 aromatic carbocycles. The molecule has 1 amide bonds. The van der Waals surface area contributed by atoms with E-state index in [1.807, 2.05) is 0 Å². The maximum Gasteiger partial charge on any atom is 0.410 e. The van der Waals surface area contributed by atoms with E-state index in [1.165, 1.54) is 18.4 Å². The van der Waals surface area contributed by atoms with Crippen LogP contribution in [0.25, 0.3) is 0 Å². The molecule has 1 heterocycles. The van der Waals surface area contributed by atoms with Crippen molar-refractivity contribution in [1.29, 1.82) is 5.26 Å². The number of nitrogens with zero attached hydrogens (tertiary/aromatic N) is 2. The number of halogens is 2. The summed E-state index contributed by atoms with van der Waals surface area (Å²) in [6.07, 6.45) is 1.74. The summed E-state index contributed by atoms with van der Waals surface area (Å²) in [5, 5.41) is 8.54. The van der Waals surface area contributed by atoms with E-state index in [0.29, 0.717) is 31.5 Å². The van der Waals surface area contributed by atoms with E-state index in [9.17, 15) is 14.0 Å². The van der Waals surface area contributed by atoms with Crippen molar-refractivity contribution >= 4 is 23.7 Å². The summed E-state index contributed by atoms with van der Waals surface area (Å²) in [5.74, 6) is -1.23. The molecule has 0 radical (unpaired) electrons. The molecule has 0 N–H and O–H groups in total. The predicted molar refractivity (Wildman–Crippen MR) is 96.5 cm³/mol. The first-order valence-corrected chi connectivity index (χ1v) is 8.96. The van der Waals surface area contributed by atoms with Gasteiger partial charge in [-0.05, 0) is 51.3 Å². The van der Waals surface area contributed by atoms with Crippen LogP contribution < -0.4 is 0 Å². The number of hydrogen-bond acceptors (Lipinski definition) is 5. The highest BCUT2D eigenvalue weighted by Crippen LogP contribution is 2.40. The van der Waals surface area contributed by atoms with E-state index >= 15 is 0 Å². The standard InChI is InChI=1S/C19H22ClFN2O4/c1-18(2,3)27-17(25)23-8-6-19(7-9-23,11-16(24)26-12-22)13-4-5-15(21)14(20)10-13/h4-5,10H,6-9,11H2,1-3H3. The van der Waals surface area contributed by atoms with Gasteiger partial charge in [0.2, 0.25) is 0 Å². The second kappa shape index (κ2) is 8.13. The Morgan fingerprint density at radius 2 is 1.96 bits per heavy atom. The number of ether oxygens (including phenoxy) is 2. The van der Waals surface area contributed by atoms with Crippen molar-refractivity contribution in [3.05, 3.63) is 34.6 Å². The number of rotatable bonds is 3. The average molecular weight is 397 g/mol. The highest BCUT2D eigenvalue weighted by molar-refractivity contribution is 6.30. The fraction of sp³-hybridized carbons (Fsp3) is 0.526. The molecular formula is C19H22ClFN2O4. The Balaban J connectivity index is 2.23. The second-order valence-electron chi connectivity index (χ2n) is 7.62. The molecule has 0 bridgehead atoms. The molecule has 1 aliphatic heterocycles. The Morgan fingerprint density at radius 3 is 2.48 bits per heavy atom. The molecule has 1 fully saturated rings. The molecular weight excluding hydrogens is 375 g/mol. The Kier molecular flexibility index (Phi) is 6.32. The van der Waals surface area contributed by atoms with Gasteiger partial charge in [0.05, 0.1) is 11.4 Å². The van der Waals surface area contributed by atoms with Gasteiger partial charge >= 0.3 is 12.1 Å². The van der Waals surface area contributed by atoms with Crippen molar-refractivity contribution in [3.63, 3.8) is 0 Å². The summed E-state index contributed by atoms with van der Waals surface area (Å²) < 4.78 is 23.4.